The maximum absolute atomic E-state index is 0. The Morgan fingerprint density at radius 3 is 0.0526 bits per heavy atom. The van der Waals surface area contributed by atoms with Crippen molar-refractivity contribution in [2.45, 2.75) is 0 Å². The number of hydrogen-bond donors (Lipinski definition) is 0. The Labute approximate surface area is 598 Å². The first-order chi connectivity index (χ1) is 0. The molecule has 0 amide bonds. The Kier molecular flexibility index (Phi) is 928. The summed E-state index contributed by atoms with van der Waals surface area (Å²) in [6, 6.07) is 0. The summed E-state index contributed by atoms with van der Waals surface area (Å²) in [5, 5.41) is 0. The van der Waals surface area contributed by atoms with Gasteiger partial charge in [0.15, 0.2) is 0 Å². The second kappa shape index (κ2) is 128. The summed E-state index contributed by atoms with van der Waals surface area (Å²) in [7, 11) is 0. The van der Waals surface area contributed by atoms with Gasteiger partial charge in [-0.25, -0.2) is 0 Å². The molecular formula is Y19. The van der Waals surface area contributed by atoms with Crippen LogP contribution in [0.15, 0.2) is 0 Å². The summed E-state index contributed by atoms with van der Waals surface area (Å²) in [6.07, 6.45) is 0. The molecule has 0 saturated carbocycles. The van der Waals surface area contributed by atoms with Crippen LogP contribution in [0.4, 0.5) is 0 Å². The number of hydrogen-bond acceptors (Lipinski definition) is 0. The molecule has 0 heterocycles. The summed E-state index contributed by atoms with van der Waals surface area (Å²) in [5.74, 6) is 0. The van der Waals surface area contributed by atoms with Crippen LogP contribution in [-0.4, -0.2) is 0 Å². The van der Waals surface area contributed by atoms with Gasteiger partial charge in [-0.2, -0.15) is 0 Å². The third-order valence-corrected chi connectivity index (χ3v) is 0. The molecule has 0 aromatic heterocycles. The fraction of sp³-hybridized carbons (Fsp3) is 0. The van der Waals surface area contributed by atoms with E-state index in [1.807, 2.05) is 0 Å². The molecule has 0 aliphatic carbocycles. The summed E-state index contributed by atoms with van der Waals surface area (Å²) in [4.78, 5) is 0. The smallest absolute Gasteiger partial charge is 0 e. The number of rotatable bonds is 0. The molecule has 0 saturated heterocycles. The third kappa shape index (κ3) is 121. The van der Waals surface area contributed by atoms with E-state index < -0.39 is 0 Å². The Morgan fingerprint density at radius 1 is 0.0526 bits per heavy atom. The van der Waals surface area contributed by atoms with Crippen molar-refractivity contribution in [3.8, 4) is 0 Å². The first kappa shape index (κ1) is 138. The van der Waals surface area contributed by atoms with Gasteiger partial charge < -0.3 is 0 Å². The van der Waals surface area contributed by atoms with E-state index in [1.54, 1.807) is 0 Å². The monoisotopic (exact) mass is 1690 g/mol. The van der Waals surface area contributed by atoms with E-state index in [0.29, 0.717) is 0 Å². The van der Waals surface area contributed by atoms with Gasteiger partial charge in [0, 0.05) is 621 Å². The molecule has 0 aliphatic heterocycles. The molecule has 19 radical (unpaired) electrons. The Bertz CT molecular complexity index is 0. The van der Waals surface area contributed by atoms with E-state index in [-0.39, 0.29) is 621 Å². The first-order valence-corrected chi connectivity index (χ1v) is 0. The average molecular weight is 1690 g/mol. The third-order valence-electron chi connectivity index (χ3n) is 0. The maximum Gasteiger partial charge on any atom is 0 e. The van der Waals surface area contributed by atoms with Crippen LogP contribution in [0.2, 0.25) is 0 Å². The summed E-state index contributed by atoms with van der Waals surface area (Å²) < 4.78 is 0. The first-order valence-electron chi connectivity index (χ1n) is 0. The zero-order valence-electron chi connectivity index (χ0n) is 11.0. The SMILES string of the molecule is [Y].[Y].[Y].[Y].[Y].[Y].[Y].[Y].[Y].[Y].[Y].[Y].[Y].[Y].[Y].[Y].[Y].[Y].[Y]. The molecule has 19 heteroatoms. The zero-order valence-corrected chi connectivity index (χ0v) is 64.9. The van der Waals surface area contributed by atoms with Crippen LogP contribution in [0.25, 0.3) is 0 Å². The molecule has 0 bridgehead atoms. The van der Waals surface area contributed by atoms with Crippen molar-refractivity contribution in [3.63, 3.8) is 0 Å². The largest absolute Gasteiger partial charge is 0 e. The van der Waals surface area contributed by atoms with E-state index in [0.717, 1.165) is 0 Å². The summed E-state index contributed by atoms with van der Waals surface area (Å²) >= 11 is 0. The summed E-state index contributed by atoms with van der Waals surface area (Å²) in [5.41, 5.74) is 0. The van der Waals surface area contributed by atoms with Crippen molar-refractivity contribution in [2.24, 2.45) is 0 Å². The van der Waals surface area contributed by atoms with Crippen molar-refractivity contribution < 1.29 is 621 Å². The molecule has 0 aromatic rings. The average Bonchev–Trinajstić information content (AvgIpc) is 0. The van der Waals surface area contributed by atoms with E-state index >= 15 is 0 Å². The molecule has 0 spiro atoms. The zero-order chi connectivity index (χ0) is 0. The van der Waals surface area contributed by atoms with Crippen LogP contribution in [0, 0.1) is 0 Å². The molecule has 0 aliphatic rings. The van der Waals surface area contributed by atoms with Crippen LogP contribution in [0.5, 0.6) is 0 Å². The Morgan fingerprint density at radius 2 is 0.0526 bits per heavy atom. The van der Waals surface area contributed by atoms with E-state index in [4.69, 9.17) is 0 Å². The van der Waals surface area contributed by atoms with Crippen LogP contribution in [0.1, 0.15) is 0 Å². The minimum atomic E-state index is 0. The molecular weight excluding hydrogens is 1690 g/mol. The summed E-state index contributed by atoms with van der Waals surface area (Å²) in [6.45, 7) is 0. The van der Waals surface area contributed by atoms with E-state index in [1.165, 1.54) is 0 Å². The topological polar surface area (TPSA) is 0 Å². The van der Waals surface area contributed by atoms with Crippen molar-refractivity contribution in [3.05, 3.63) is 0 Å². The van der Waals surface area contributed by atoms with Gasteiger partial charge in [0.2, 0.25) is 0 Å². The molecule has 0 aromatic carbocycles. The van der Waals surface area contributed by atoms with Gasteiger partial charge in [0.1, 0.15) is 0 Å². The van der Waals surface area contributed by atoms with Crippen molar-refractivity contribution in [1.82, 2.24) is 0 Å². The molecule has 0 unspecified atom stereocenters. The minimum Gasteiger partial charge on any atom is 0 e. The van der Waals surface area contributed by atoms with E-state index in [2.05, 4.69) is 0 Å². The second-order valence-corrected chi connectivity index (χ2v) is 0. The van der Waals surface area contributed by atoms with Gasteiger partial charge in [-0.15, -0.1) is 0 Å². The van der Waals surface area contributed by atoms with Gasteiger partial charge in [-0.05, 0) is 0 Å². The standard InChI is InChI=1S/19Y. The van der Waals surface area contributed by atoms with Crippen LogP contribution < -0.4 is 0 Å². The van der Waals surface area contributed by atoms with Gasteiger partial charge in [0.25, 0.3) is 0 Å². The van der Waals surface area contributed by atoms with Crippen LogP contribution in [0.3, 0.4) is 0 Å². The molecule has 0 atom stereocenters. The molecule has 0 nitrogen and oxygen atoms in total. The van der Waals surface area contributed by atoms with Crippen LogP contribution >= 0.6 is 0 Å². The van der Waals surface area contributed by atoms with Crippen molar-refractivity contribution >= 4 is 0 Å². The normalized spacial score (nSPS) is 0. The van der Waals surface area contributed by atoms with Gasteiger partial charge >= 0.3 is 0 Å². The van der Waals surface area contributed by atoms with Crippen molar-refractivity contribution in [2.75, 3.05) is 0 Å². The maximum atomic E-state index is 0. The van der Waals surface area contributed by atoms with Gasteiger partial charge in [-0.3, -0.25) is 0 Å². The minimum absolute atomic E-state index is 0. The van der Waals surface area contributed by atoms with Gasteiger partial charge in [-0.1, -0.05) is 0 Å². The molecule has 57 valence electrons. The quantitative estimate of drug-likeness (QED) is 0.320. The predicted octanol–water partition coefficient (Wildman–Crippen LogP) is -0.0475. The fourth-order valence-electron chi connectivity index (χ4n) is 0. The second-order valence-electron chi connectivity index (χ2n) is 0. The molecule has 0 rings (SSSR count). The Balaban J connectivity index is 0. The Hall–Kier alpha value is 21.0. The molecule has 0 fully saturated rings. The fourth-order valence-corrected chi connectivity index (χ4v) is 0. The predicted molar refractivity (Wildman–Crippen MR) is 0 cm³/mol. The van der Waals surface area contributed by atoms with Crippen molar-refractivity contribution in [1.29, 1.82) is 0 Å². The van der Waals surface area contributed by atoms with E-state index in [9.17, 15) is 0 Å². The van der Waals surface area contributed by atoms with Crippen LogP contribution in [-0.2, 0) is 621 Å². The molecule has 0 N–H and O–H groups in total. The van der Waals surface area contributed by atoms with Gasteiger partial charge in [0.05, 0.1) is 0 Å². The molecule has 19 heavy (non-hydrogen) atoms.